The van der Waals surface area contributed by atoms with Crippen molar-refractivity contribution in [3.63, 3.8) is 0 Å². The molecule has 0 atom stereocenters. The first-order valence-corrected chi connectivity index (χ1v) is 6.39. The molecule has 1 heterocycles. The molecule has 0 aromatic carbocycles. The number of hydrogen-bond acceptors (Lipinski definition) is 4. The van der Waals surface area contributed by atoms with Crippen molar-refractivity contribution in [2.45, 2.75) is 19.8 Å². The van der Waals surface area contributed by atoms with Gasteiger partial charge in [-0.2, -0.15) is 0 Å². The second-order valence-corrected chi connectivity index (χ2v) is 4.33. The lowest BCUT2D eigenvalue weighted by molar-refractivity contribution is -0.120. The number of nitrogens with one attached hydrogen (secondary N) is 2. The van der Waals surface area contributed by atoms with E-state index in [0.29, 0.717) is 6.54 Å². The summed E-state index contributed by atoms with van der Waals surface area (Å²) in [6, 6.07) is 3.02. The third-order valence-electron chi connectivity index (χ3n) is 2.29. The van der Waals surface area contributed by atoms with E-state index in [4.69, 9.17) is 17.3 Å². The van der Waals surface area contributed by atoms with Crippen LogP contribution >= 0.6 is 11.6 Å². The van der Waals surface area contributed by atoms with Crippen molar-refractivity contribution in [2.24, 2.45) is 0 Å². The Hall–Kier alpha value is -1.82. The van der Waals surface area contributed by atoms with Crippen LogP contribution in [0.2, 0.25) is 5.02 Å². The third kappa shape index (κ3) is 5.13. The Morgan fingerprint density at radius 3 is 2.74 bits per heavy atom. The Kier molecular flexibility index (Phi) is 6.08. The highest BCUT2D eigenvalue weighted by Crippen LogP contribution is 2.14. The van der Waals surface area contributed by atoms with Crippen molar-refractivity contribution in [3.8, 4) is 0 Å². The molecule has 0 aliphatic rings. The second kappa shape index (κ2) is 7.58. The minimum absolute atomic E-state index is 0.0654. The molecule has 0 saturated carbocycles. The summed E-state index contributed by atoms with van der Waals surface area (Å²) in [5.74, 6) is -0.329. The van der Waals surface area contributed by atoms with Crippen LogP contribution in [0.5, 0.6) is 0 Å². The van der Waals surface area contributed by atoms with Gasteiger partial charge in [-0.3, -0.25) is 9.59 Å². The zero-order chi connectivity index (χ0) is 14.3. The number of nitrogens with two attached hydrogens (primary N) is 1. The fourth-order valence-electron chi connectivity index (χ4n) is 1.34. The minimum atomic E-state index is -0.444. The molecule has 4 N–H and O–H groups in total. The topological polar surface area (TPSA) is 97.1 Å². The number of rotatable bonds is 6. The number of anilines is 1. The standard InChI is InChI=1S/C12H17ClN4O2/c1-2-6-15-10(18)5-7-16-12(19)11-8(13)3-4-9(14)17-11/h3-4H,2,5-7H2,1H3,(H2,14,17)(H,15,18)(H,16,19). The fraction of sp³-hybridized carbons (Fsp3) is 0.417. The van der Waals surface area contributed by atoms with E-state index in [1.165, 1.54) is 12.1 Å². The van der Waals surface area contributed by atoms with Crippen LogP contribution in [-0.4, -0.2) is 29.9 Å². The van der Waals surface area contributed by atoms with E-state index in [1.807, 2.05) is 6.92 Å². The van der Waals surface area contributed by atoms with Crippen LogP contribution in [0.15, 0.2) is 12.1 Å². The summed E-state index contributed by atoms with van der Waals surface area (Å²) in [6.07, 6.45) is 1.09. The zero-order valence-corrected chi connectivity index (χ0v) is 11.5. The van der Waals surface area contributed by atoms with E-state index < -0.39 is 5.91 Å². The molecule has 1 rings (SSSR count). The predicted molar refractivity (Wildman–Crippen MR) is 73.9 cm³/mol. The maximum atomic E-state index is 11.8. The first kappa shape index (κ1) is 15.2. The summed E-state index contributed by atoms with van der Waals surface area (Å²) in [4.78, 5) is 26.9. The van der Waals surface area contributed by atoms with E-state index in [9.17, 15) is 9.59 Å². The predicted octanol–water partition coefficient (Wildman–Crippen LogP) is 0.963. The number of carbonyl (C=O) groups is 2. The molecule has 1 aromatic heterocycles. The van der Waals surface area contributed by atoms with Gasteiger partial charge in [-0.05, 0) is 18.6 Å². The molecule has 0 fully saturated rings. The van der Waals surface area contributed by atoms with Gasteiger partial charge < -0.3 is 16.4 Å². The summed E-state index contributed by atoms with van der Waals surface area (Å²) in [5.41, 5.74) is 5.55. The highest BCUT2D eigenvalue weighted by atomic mass is 35.5. The average molecular weight is 285 g/mol. The van der Waals surface area contributed by atoms with Gasteiger partial charge in [-0.25, -0.2) is 4.98 Å². The Morgan fingerprint density at radius 2 is 2.05 bits per heavy atom. The minimum Gasteiger partial charge on any atom is -0.384 e. The maximum absolute atomic E-state index is 11.8. The summed E-state index contributed by atoms with van der Waals surface area (Å²) in [5, 5.41) is 5.51. The van der Waals surface area contributed by atoms with Crippen LogP contribution in [0.1, 0.15) is 30.3 Å². The van der Waals surface area contributed by atoms with Crippen LogP contribution in [0, 0.1) is 0 Å². The molecule has 0 saturated heterocycles. The molecule has 104 valence electrons. The van der Waals surface area contributed by atoms with Crippen molar-refractivity contribution in [1.82, 2.24) is 15.6 Å². The third-order valence-corrected chi connectivity index (χ3v) is 2.60. The lowest BCUT2D eigenvalue weighted by Crippen LogP contribution is -2.31. The summed E-state index contributed by atoms with van der Waals surface area (Å²) >= 11 is 5.84. The van der Waals surface area contributed by atoms with Gasteiger partial charge in [0.05, 0.1) is 5.02 Å². The Morgan fingerprint density at radius 1 is 1.32 bits per heavy atom. The normalized spacial score (nSPS) is 10.0. The SMILES string of the molecule is CCCNC(=O)CCNC(=O)c1nc(N)ccc1Cl. The largest absolute Gasteiger partial charge is 0.384 e. The van der Waals surface area contributed by atoms with E-state index >= 15 is 0 Å². The van der Waals surface area contributed by atoms with Crippen LogP contribution in [0.3, 0.4) is 0 Å². The van der Waals surface area contributed by atoms with Crippen LogP contribution in [-0.2, 0) is 4.79 Å². The van der Waals surface area contributed by atoms with Crippen LogP contribution in [0.25, 0.3) is 0 Å². The number of nitrogen functional groups attached to an aromatic ring is 1. The number of amides is 2. The molecule has 2 amide bonds. The Labute approximate surface area is 116 Å². The van der Waals surface area contributed by atoms with Crippen molar-refractivity contribution in [1.29, 1.82) is 0 Å². The van der Waals surface area contributed by atoms with E-state index in [1.54, 1.807) is 0 Å². The Balaban J connectivity index is 2.43. The van der Waals surface area contributed by atoms with E-state index in [0.717, 1.165) is 6.42 Å². The van der Waals surface area contributed by atoms with Crippen molar-refractivity contribution >= 4 is 29.2 Å². The zero-order valence-electron chi connectivity index (χ0n) is 10.7. The number of pyridine rings is 1. The molecular formula is C12H17ClN4O2. The van der Waals surface area contributed by atoms with Crippen LogP contribution < -0.4 is 16.4 Å². The molecule has 0 unspecified atom stereocenters. The molecule has 0 radical (unpaired) electrons. The van der Waals surface area contributed by atoms with Gasteiger partial charge in [0.1, 0.15) is 11.5 Å². The number of carbonyl (C=O) groups excluding carboxylic acids is 2. The van der Waals surface area contributed by atoms with Crippen molar-refractivity contribution < 1.29 is 9.59 Å². The molecule has 6 nitrogen and oxygen atoms in total. The van der Waals surface area contributed by atoms with Gasteiger partial charge >= 0.3 is 0 Å². The van der Waals surface area contributed by atoms with Crippen molar-refractivity contribution in [2.75, 3.05) is 18.8 Å². The lowest BCUT2D eigenvalue weighted by Gasteiger charge is -2.07. The molecule has 1 aromatic rings. The van der Waals surface area contributed by atoms with Gasteiger partial charge in [-0.15, -0.1) is 0 Å². The summed E-state index contributed by atoms with van der Waals surface area (Å²) < 4.78 is 0. The second-order valence-electron chi connectivity index (χ2n) is 3.92. The summed E-state index contributed by atoms with van der Waals surface area (Å²) in [6.45, 7) is 2.83. The van der Waals surface area contributed by atoms with Gasteiger partial charge in [0.25, 0.3) is 5.91 Å². The fourth-order valence-corrected chi connectivity index (χ4v) is 1.53. The highest BCUT2D eigenvalue weighted by molar-refractivity contribution is 6.33. The molecule has 19 heavy (non-hydrogen) atoms. The highest BCUT2D eigenvalue weighted by Gasteiger charge is 2.12. The number of nitrogens with zero attached hydrogens (tertiary/aromatic N) is 1. The molecule has 0 aliphatic carbocycles. The maximum Gasteiger partial charge on any atom is 0.271 e. The van der Waals surface area contributed by atoms with Gasteiger partial charge in [-0.1, -0.05) is 18.5 Å². The molecule has 0 spiro atoms. The smallest absolute Gasteiger partial charge is 0.271 e. The quantitative estimate of drug-likeness (QED) is 0.725. The first-order valence-electron chi connectivity index (χ1n) is 6.01. The number of hydrogen-bond donors (Lipinski definition) is 3. The number of aromatic nitrogens is 1. The molecule has 7 heteroatoms. The van der Waals surface area contributed by atoms with Gasteiger partial charge in [0, 0.05) is 19.5 Å². The molecular weight excluding hydrogens is 268 g/mol. The van der Waals surface area contributed by atoms with Crippen molar-refractivity contribution in [3.05, 3.63) is 22.8 Å². The number of halogens is 1. The molecule has 0 bridgehead atoms. The first-order chi connectivity index (χ1) is 9.04. The van der Waals surface area contributed by atoms with Crippen LogP contribution in [0.4, 0.5) is 5.82 Å². The average Bonchev–Trinajstić information content (AvgIpc) is 2.39. The lowest BCUT2D eigenvalue weighted by atomic mass is 10.3. The van der Waals surface area contributed by atoms with E-state index in [2.05, 4.69) is 15.6 Å². The van der Waals surface area contributed by atoms with Gasteiger partial charge in [0.2, 0.25) is 5.91 Å². The Bertz CT molecular complexity index is 465. The van der Waals surface area contributed by atoms with E-state index in [-0.39, 0.29) is 35.4 Å². The van der Waals surface area contributed by atoms with Gasteiger partial charge in [0.15, 0.2) is 0 Å². The summed E-state index contributed by atoms with van der Waals surface area (Å²) in [7, 11) is 0. The monoisotopic (exact) mass is 284 g/mol. The molecule has 0 aliphatic heterocycles.